The summed E-state index contributed by atoms with van der Waals surface area (Å²) in [5.74, 6) is -0.935. The number of carbonyl (C=O) groups is 1. The van der Waals surface area contributed by atoms with Gasteiger partial charge in [-0.15, -0.1) is 0 Å². The minimum Gasteiger partial charge on any atom is -0.478 e. The Balaban J connectivity index is 2.31. The molecule has 2 aromatic rings. The molecule has 0 fully saturated rings. The summed E-state index contributed by atoms with van der Waals surface area (Å²) in [6, 6.07) is 6.84. The zero-order valence-electron chi connectivity index (χ0n) is 8.50. The van der Waals surface area contributed by atoms with Gasteiger partial charge in [0.1, 0.15) is 0 Å². The predicted octanol–water partition coefficient (Wildman–Crippen LogP) is 1.21. The number of aromatic nitrogens is 2. The molecule has 0 aliphatic rings. The minimum atomic E-state index is -0.935. The van der Waals surface area contributed by atoms with E-state index in [-0.39, 0.29) is 5.56 Å². The van der Waals surface area contributed by atoms with Crippen molar-refractivity contribution in [2.24, 2.45) is 0 Å². The van der Waals surface area contributed by atoms with E-state index in [2.05, 4.69) is 5.10 Å². The molecule has 0 aliphatic heterocycles. The fourth-order valence-electron chi connectivity index (χ4n) is 1.51. The highest BCUT2D eigenvalue weighted by Gasteiger charge is 2.09. The van der Waals surface area contributed by atoms with Crippen molar-refractivity contribution in [2.75, 3.05) is 5.73 Å². The Morgan fingerprint density at radius 3 is 2.81 bits per heavy atom. The van der Waals surface area contributed by atoms with Crippen molar-refractivity contribution in [2.45, 2.75) is 6.54 Å². The number of carboxylic acid groups (broad SMARTS) is 1. The first-order valence-corrected chi connectivity index (χ1v) is 4.76. The number of rotatable bonds is 3. The van der Waals surface area contributed by atoms with Crippen molar-refractivity contribution in [1.82, 2.24) is 9.78 Å². The van der Waals surface area contributed by atoms with Crippen molar-refractivity contribution in [1.29, 1.82) is 0 Å². The monoisotopic (exact) mass is 217 g/mol. The second-order valence-electron chi connectivity index (χ2n) is 3.43. The highest BCUT2D eigenvalue weighted by molar-refractivity contribution is 5.89. The molecule has 16 heavy (non-hydrogen) atoms. The van der Waals surface area contributed by atoms with Crippen LogP contribution in [-0.4, -0.2) is 20.9 Å². The van der Waals surface area contributed by atoms with E-state index in [1.54, 1.807) is 35.1 Å². The summed E-state index contributed by atoms with van der Waals surface area (Å²) >= 11 is 0. The second kappa shape index (κ2) is 4.06. The number of hydrogen-bond acceptors (Lipinski definition) is 3. The third kappa shape index (κ3) is 2.03. The molecule has 0 spiro atoms. The first-order valence-electron chi connectivity index (χ1n) is 4.76. The van der Waals surface area contributed by atoms with Gasteiger partial charge in [-0.05, 0) is 11.6 Å². The summed E-state index contributed by atoms with van der Waals surface area (Å²) < 4.78 is 1.61. The molecule has 3 N–H and O–H groups in total. The molecule has 1 aromatic heterocycles. The van der Waals surface area contributed by atoms with Gasteiger partial charge in [-0.1, -0.05) is 18.2 Å². The Morgan fingerprint density at radius 1 is 1.44 bits per heavy atom. The van der Waals surface area contributed by atoms with Gasteiger partial charge >= 0.3 is 5.97 Å². The standard InChI is InChI=1S/C11H11N3O2/c12-9-5-13-14(7-9)6-8-3-1-2-4-10(8)11(15)16/h1-5,7H,6,12H2,(H,15,16). The summed E-state index contributed by atoms with van der Waals surface area (Å²) in [4.78, 5) is 11.0. The molecule has 1 aromatic carbocycles. The molecular formula is C11H11N3O2. The number of carboxylic acids is 1. The zero-order valence-corrected chi connectivity index (χ0v) is 8.50. The van der Waals surface area contributed by atoms with Gasteiger partial charge in [0.05, 0.1) is 24.0 Å². The smallest absolute Gasteiger partial charge is 0.336 e. The number of nitrogens with two attached hydrogens (primary N) is 1. The predicted molar refractivity (Wildman–Crippen MR) is 59.1 cm³/mol. The molecule has 0 aliphatic carbocycles. The van der Waals surface area contributed by atoms with Gasteiger partial charge in [-0.3, -0.25) is 4.68 Å². The normalized spacial score (nSPS) is 10.2. The molecule has 1 heterocycles. The topological polar surface area (TPSA) is 81.1 Å². The third-order valence-electron chi connectivity index (χ3n) is 2.23. The number of nitrogens with zero attached hydrogens (tertiary/aromatic N) is 2. The van der Waals surface area contributed by atoms with Crippen molar-refractivity contribution in [3.8, 4) is 0 Å². The average molecular weight is 217 g/mol. The highest BCUT2D eigenvalue weighted by Crippen LogP contribution is 2.11. The molecule has 0 bridgehead atoms. The van der Waals surface area contributed by atoms with Gasteiger partial charge in [-0.2, -0.15) is 5.10 Å². The van der Waals surface area contributed by atoms with Crippen LogP contribution in [0.2, 0.25) is 0 Å². The van der Waals surface area contributed by atoms with Crippen LogP contribution in [0.4, 0.5) is 5.69 Å². The van der Waals surface area contributed by atoms with Crippen LogP contribution in [0.15, 0.2) is 36.7 Å². The minimum absolute atomic E-state index is 0.288. The van der Waals surface area contributed by atoms with E-state index in [1.807, 2.05) is 0 Å². The molecule has 82 valence electrons. The third-order valence-corrected chi connectivity index (χ3v) is 2.23. The zero-order chi connectivity index (χ0) is 11.5. The SMILES string of the molecule is Nc1cnn(Cc2ccccc2C(=O)O)c1. The van der Waals surface area contributed by atoms with Gasteiger partial charge < -0.3 is 10.8 Å². The number of hydrogen-bond donors (Lipinski definition) is 2. The van der Waals surface area contributed by atoms with Crippen LogP contribution >= 0.6 is 0 Å². The van der Waals surface area contributed by atoms with Gasteiger partial charge in [0.2, 0.25) is 0 Å². The molecule has 0 amide bonds. The number of nitrogen functional groups attached to an aromatic ring is 1. The lowest BCUT2D eigenvalue weighted by molar-refractivity contribution is 0.0695. The number of aromatic carboxylic acids is 1. The maximum absolute atomic E-state index is 11.0. The molecule has 0 saturated heterocycles. The van der Waals surface area contributed by atoms with E-state index >= 15 is 0 Å². The number of anilines is 1. The molecule has 5 heteroatoms. The van der Waals surface area contributed by atoms with Crippen LogP contribution in [0.1, 0.15) is 15.9 Å². The maximum Gasteiger partial charge on any atom is 0.336 e. The molecule has 0 unspecified atom stereocenters. The van der Waals surface area contributed by atoms with E-state index in [9.17, 15) is 4.79 Å². The van der Waals surface area contributed by atoms with E-state index < -0.39 is 5.97 Å². The summed E-state index contributed by atoms with van der Waals surface area (Å²) in [7, 11) is 0. The second-order valence-corrected chi connectivity index (χ2v) is 3.43. The molecule has 0 atom stereocenters. The lowest BCUT2D eigenvalue weighted by Gasteiger charge is -2.05. The molecule has 0 radical (unpaired) electrons. The molecular weight excluding hydrogens is 206 g/mol. The van der Waals surface area contributed by atoms with Crippen molar-refractivity contribution in [3.05, 3.63) is 47.8 Å². The van der Waals surface area contributed by atoms with Crippen molar-refractivity contribution < 1.29 is 9.90 Å². The fraction of sp³-hybridized carbons (Fsp3) is 0.0909. The van der Waals surface area contributed by atoms with Gasteiger partial charge in [-0.25, -0.2) is 4.79 Å². The van der Waals surface area contributed by atoms with Crippen LogP contribution in [0.5, 0.6) is 0 Å². The lowest BCUT2D eigenvalue weighted by atomic mass is 10.1. The molecule has 0 saturated carbocycles. The van der Waals surface area contributed by atoms with Crippen LogP contribution in [0, 0.1) is 0 Å². The van der Waals surface area contributed by atoms with Crippen LogP contribution < -0.4 is 5.73 Å². The van der Waals surface area contributed by atoms with Crippen molar-refractivity contribution >= 4 is 11.7 Å². The summed E-state index contributed by atoms with van der Waals surface area (Å²) in [5.41, 5.74) is 7.09. The summed E-state index contributed by atoms with van der Waals surface area (Å²) in [6.45, 7) is 0.402. The van der Waals surface area contributed by atoms with Crippen LogP contribution in [0.25, 0.3) is 0 Å². The largest absolute Gasteiger partial charge is 0.478 e. The van der Waals surface area contributed by atoms with Crippen LogP contribution in [-0.2, 0) is 6.54 Å². The van der Waals surface area contributed by atoms with Gasteiger partial charge in [0.15, 0.2) is 0 Å². The highest BCUT2D eigenvalue weighted by atomic mass is 16.4. The van der Waals surface area contributed by atoms with Crippen LogP contribution in [0.3, 0.4) is 0 Å². The van der Waals surface area contributed by atoms with E-state index in [4.69, 9.17) is 10.8 Å². The molecule has 5 nitrogen and oxygen atoms in total. The Morgan fingerprint density at radius 2 is 2.19 bits per heavy atom. The van der Waals surface area contributed by atoms with Crippen molar-refractivity contribution in [3.63, 3.8) is 0 Å². The average Bonchev–Trinajstić information content (AvgIpc) is 2.64. The van der Waals surface area contributed by atoms with E-state index in [0.29, 0.717) is 17.8 Å². The summed E-state index contributed by atoms with van der Waals surface area (Å²) in [6.07, 6.45) is 3.20. The Labute approximate surface area is 92.1 Å². The molecule has 2 rings (SSSR count). The van der Waals surface area contributed by atoms with Gasteiger partial charge in [0, 0.05) is 6.20 Å². The Hall–Kier alpha value is -2.30. The maximum atomic E-state index is 11.0. The van der Waals surface area contributed by atoms with Gasteiger partial charge in [0.25, 0.3) is 0 Å². The fourth-order valence-corrected chi connectivity index (χ4v) is 1.51. The summed E-state index contributed by atoms with van der Waals surface area (Å²) in [5, 5.41) is 13.0. The lowest BCUT2D eigenvalue weighted by Crippen LogP contribution is -2.07. The van der Waals surface area contributed by atoms with E-state index in [0.717, 1.165) is 0 Å². The van der Waals surface area contributed by atoms with E-state index in [1.165, 1.54) is 6.20 Å². The first-order chi connectivity index (χ1) is 7.66. The first kappa shape index (κ1) is 10.2. The number of benzene rings is 1. The Kier molecular flexibility index (Phi) is 2.59. The Bertz CT molecular complexity index is 519. The quantitative estimate of drug-likeness (QED) is 0.809.